The lowest BCUT2D eigenvalue weighted by Gasteiger charge is -2.31. The molecule has 166 valence electrons. The topological polar surface area (TPSA) is 73.5 Å². The Morgan fingerprint density at radius 2 is 1.68 bits per heavy atom. The van der Waals surface area contributed by atoms with Gasteiger partial charge in [0.05, 0.1) is 5.56 Å². The Balaban J connectivity index is 1.82. The summed E-state index contributed by atoms with van der Waals surface area (Å²) < 4.78 is 0. The number of anilines is 3. The van der Waals surface area contributed by atoms with E-state index >= 15 is 0 Å². The normalized spacial score (nSPS) is 14.6. The smallest absolute Gasteiger partial charge is 0.323 e. The molecule has 0 spiro atoms. The van der Waals surface area contributed by atoms with Crippen molar-refractivity contribution in [2.45, 2.75) is 59.4 Å². The number of para-hydroxylation sites is 1. The maximum atomic E-state index is 13.0. The van der Waals surface area contributed by atoms with Crippen molar-refractivity contribution in [2.24, 2.45) is 0 Å². The maximum Gasteiger partial charge on any atom is 0.323 e. The number of rotatable bonds is 6. The number of benzene rings is 2. The summed E-state index contributed by atoms with van der Waals surface area (Å²) >= 11 is 0. The maximum absolute atomic E-state index is 13.0. The van der Waals surface area contributed by atoms with E-state index in [-0.39, 0.29) is 18.0 Å². The van der Waals surface area contributed by atoms with Gasteiger partial charge < -0.3 is 20.9 Å². The van der Waals surface area contributed by atoms with Crippen LogP contribution in [0, 0.1) is 13.8 Å². The lowest BCUT2D eigenvalue weighted by atomic mass is 10.1. The van der Waals surface area contributed by atoms with Crippen molar-refractivity contribution in [3.8, 4) is 0 Å². The molecule has 0 aromatic heterocycles. The quantitative estimate of drug-likeness (QED) is 0.578. The van der Waals surface area contributed by atoms with E-state index in [9.17, 15) is 9.59 Å². The van der Waals surface area contributed by atoms with Crippen molar-refractivity contribution in [3.05, 3.63) is 53.1 Å². The average molecular weight is 423 g/mol. The molecule has 1 saturated heterocycles. The Bertz CT molecular complexity index is 915. The van der Waals surface area contributed by atoms with Crippen LogP contribution < -0.4 is 20.9 Å². The molecule has 0 saturated carbocycles. The standard InChI is InChI=1S/C25H34N4O2/c1-5-19(4)26-24(30)21-16-20(12-13-22(21)29-14-7-6-8-15-29)27-25(31)28-23-17(2)10-9-11-18(23)3/h9-13,16,19H,5-8,14-15H2,1-4H3,(H,26,30)(H2,27,28,31)/t19-/m0/s1. The Hall–Kier alpha value is -3.02. The lowest BCUT2D eigenvalue weighted by Crippen LogP contribution is -2.35. The number of piperidine rings is 1. The number of hydrogen-bond donors (Lipinski definition) is 3. The summed E-state index contributed by atoms with van der Waals surface area (Å²) in [6, 6.07) is 11.3. The minimum absolute atomic E-state index is 0.0886. The molecule has 0 bridgehead atoms. The molecule has 3 rings (SSSR count). The molecule has 6 nitrogen and oxygen atoms in total. The zero-order chi connectivity index (χ0) is 22.4. The highest BCUT2D eigenvalue weighted by Gasteiger charge is 2.20. The van der Waals surface area contributed by atoms with Crippen LogP contribution in [0.15, 0.2) is 36.4 Å². The summed E-state index contributed by atoms with van der Waals surface area (Å²) in [7, 11) is 0. The Morgan fingerprint density at radius 1 is 1.00 bits per heavy atom. The van der Waals surface area contributed by atoms with Crippen LogP contribution in [0.25, 0.3) is 0 Å². The number of aryl methyl sites for hydroxylation is 2. The van der Waals surface area contributed by atoms with Crippen LogP contribution in [0.4, 0.5) is 21.9 Å². The van der Waals surface area contributed by atoms with E-state index in [0.717, 1.165) is 54.9 Å². The number of amides is 3. The molecular weight excluding hydrogens is 388 g/mol. The molecule has 1 fully saturated rings. The lowest BCUT2D eigenvalue weighted by molar-refractivity contribution is 0.0939. The highest BCUT2D eigenvalue weighted by Crippen LogP contribution is 2.28. The molecule has 1 aliphatic heterocycles. The van der Waals surface area contributed by atoms with Gasteiger partial charge in [0, 0.05) is 36.2 Å². The van der Waals surface area contributed by atoms with Crippen molar-refractivity contribution in [1.29, 1.82) is 0 Å². The minimum atomic E-state index is -0.323. The molecule has 0 radical (unpaired) electrons. The van der Waals surface area contributed by atoms with Crippen LogP contribution in [0.3, 0.4) is 0 Å². The zero-order valence-corrected chi connectivity index (χ0v) is 19.0. The van der Waals surface area contributed by atoms with Crippen molar-refractivity contribution in [3.63, 3.8) is 0 Å². The van der Waals surface area contributed by atoms with Gasteiger partial charge in [0.2, 0.25) is 0 Å². The first-order chi connectivity index (χ1) is 14.9. The first-order valence-corrected chi connectivity index (χ1v) is 11.2. The summed E-state index contributed by atoms with van der Waals surface area (Å²) in [5.41, 5.74) is 4.94. The van der Waals surface area contributed by atoms with Crippen LogP contribution in [-0.4, -0.2) is 31.1 Å². The van der Waals surface area contributed by atoms with E-state index in [1.807, 2.05) is 58.0 Å². The predicted molar refractivity (Wildman–Crippen MR) is 128 cm³/mol. The molecule has 2 aromatic carbocycles. The van der Waals surface area contributed by atoms with E-state index in [1.165, 1.54) is 6.42 Å². The van der Waals surface area contributed by atoms with Gasteiger partial charge in [-0.3, -0.25) is 4.79 Å². The van der Waals surface area contributed by atoms with Gasteiger partial charge in [-0.05, 0) is 75.8 Å². The van der Waals surface area contributed by atoms with E-state index < -0.39 is 0 Å². The van der Waals surface area contributed by atoms with Gasteiger partial charge in [-0.1, -0.05) is 25.1 Å². The first kappa shape index (κ1) is 22.7. The molecular formula is C25H34N4O2. The van der Waals surface area contributed by atoms with Gasteiger partial charge in [0.15, 0.2) is 0 Å². The SMILES string of the molecule is CC[C@H](C)NC(=O)c1cc(NC(=O)Nc2c(C)cccc2C)ccc1N1CCCCC1. The molecule has 1 atom stereocenters. The number of carbonyl (C=O) groups excluding carboxylic acids is 2. The second-order valence-corrected chi connectivity index (χ2v) is 8.41. The van der Waals surface area contributed by atoms with Gasteiger partial charge in [-0.15, -0.1) is 0 Å². The Kier molecular flexibility index (Phi) is 7.55. The van der Waals surface area contributed by atoms with E-state index in [2.05, 4.69) is 20.9 Å². The van der Waals surface area contributed by atoms with Crippen LogP contribution in [0.1, 0.15) is 61.0 Å². The fourth-order valence-corrected chi connectivity index (χ4v) is 3.90. The van der Waals surface area contributed by atoms with Gasteiger partial charge >= 0.3 is 6.03 Å². The largest absolute Gasteiger partial charge is 0.371 e. The monoisotopic (exact) mass is 422 g/mol. The van der Waals surface area contributed by atoms with Crippen molar-refractivity contribution >= 4 is 29.0 Å². The molecule has 2 aromatic rings. The molecule has 6 heteroatoms. The number of urea groups is 1. The first-order valence-electron chi connectivity index (χ1n) is 11.2. The summed E-state index contributed by atoms with van der Waals surface area (Å²) in [6.45, 7) is 9.87. The second-order valence-electron chi connectivity index (χ2n) is 8.41. The molecule has 31 heavy (non-hydrogen) atoms. The molecule has 3 amide bonds. The molecule has 1 aliphatic rings. The zero-order valence-electron chi connectivity index (χ0n) is 19.0. The van der Waals surface area contributed by atoms with Crippen molar-refractivity contribution < 1.29 is 9.59 Å². The number of hydrogen-bond acceptors (Lipinski definition) is 3. The van der Waals surface area contributed by atoms with Crippen LogP contribution in [0.2, 0.25) is 0 Å². The van der Waals surface area contributed by atoms with Gasteiger partial charge in [-0.2, -0.15) is 0 Å². The second kappa shape index (κ2) is 10.3. The summed E-state index contributed by atoms with van der Waals surface area (Å²) in [4.78, 5) is 27.9. The van der Waals surface area contributed by atoms with Gasteiger partial charge in [0.25, 0.3) is 5.91 Å². The third-order valence-electron chi connectivity index (χ3n) is 5.91. The molecule has 1 heterocycles. The molecule has 0 aliphatic carbocycles. The number of nitrogens with zero attached hydrogens (tertiary/aromatic N) is 1. The highest BCUT2D eigenvalue weighted by atomic mass is 16.2. The number of nitrogens with one attached hydrogen (secondary N) is 3. The summed E-state index contributed by atoms with van der Waals surface area (Å²) in [5.74, 6) is -0.103. The van der Waals surface area contributed by atoms with Crippen molar-refractivity contribution in [1.82, 2.24) is 5.32 Å². The van der Waals surface area contributed by atoms with Gasteiger partial charge in [0.1, 0.15) is 0 Å². The molecule has 3 N–H and O–H groups in total. The third-order valence-corrected chi connectivity index (χ3v) is 5.91. The van der Waals surface area contributed by atoms with Gasteiger partial charge in [-0.25, -0.2) is 4.79 Å². The average Bonchev–Trinajstić information content (AvgIpc) is 2.76. The van der Waals surface area contributed by atoms with Crippen molar-refractivity contribution in [2.75, 3.05) is 28.6 Å². The summed E-state index contributed by atoms with van der Waals surface area (Å²) in [6.07, 6.45) is 4.35. The van der Waals surface area contributed by atoms with E-state index in [1.54, 1.807) is 6.07 Å². The summed E-state index contributed by atoms with van der Waals surface area (Å²) in [5, 5.41) is 8.89. The molecule has 0 unspecified atom stereocenters. The minimum Gasteiger partial charge on any atom is -0.371 e. The fraction of sp³-hybridized carbons (Fsp3) is 0.440. The van der Waals surface area contributed by atoms with Crippen LogP contribution in [-0.2, 0) is 0 Å². The van der Waals surface area contributed by atoms with E-state index in [4.69, 9.17) is 0 Å². The number of carbonyl (C=O) groups is 2. The van der Waals surface area contributed by atoms with E-state index in [0.29, 0.717) is 11.3 Å². The third kappa shape index (κ3) is 5.78. The predicted octanol–water partition coefficient (Wildman–Crippen LogP) is 5.47. The van der Waals surface area contributed by atoms with Crippen LogP contribution >= 0.6 is 0 Å². The Labute approximate surface area is 185 Å². The Morgan fingerprint density at radius 3 is 2.32 bits per heavy atom. The van der Waals surface area contributed by atoms with Crippen LogP contribution in [0.5, 0.6) is 0 Å². The fourth-order valence-electron chi connectivity index (χ4n) is 3.90. The highest BCUT2D eigenvalue weighted by molar-refractivity contribution is 6.04.